The van der Waals surface area contributed by atoms with Gasteiger partial charge in [0.25, 0.3) is 5.69 Å². The maximum atomic E-state index is 13.4. The number of non-ortho nitro benzene ring substituents is 1. The van der Waals surface area contributed by atoms with Gasteiger partial charge in [0.2, 0.25) is 0 Å². The second-order valence-corrected chi connectivity index (χ2v) is 10.1. The van der Waals surface area contributed by atoms with Crippen molar-refractivity contribution in [1.29, 1.82) is 0 Å². The molecule has 10 heteroatoms. The van der Waals surface area contributed by atoms with Crippen LogP contribution >= 0.6 is 0 Å². The Labute approximate surface area is 234 Å². The largest absolute Gasteiger partial charge is 0.466 e. The zero-order chi connectivity index (χ0) is 28.8. The number of piperazine rings is 1. The van der Waals surface area contributed by atoms with E-state index in [1.54, 1.807) is 19.9 Å². The van der Waals surface area contributed by atoms with E-state index in [9.17, 15) is 19.7 Å². The summed E-state index contributed by atoms with van der Waals surface area (Å²) in [6.45, 7) is 10.3. The predicted molar refractivity (Wildman–Crippen MR) is 152 cm³/mol. The highest BCUT2D eigenvalue weighted by molar-refractivity contribution is 5.99. The lowest BCUT2D eigenvalue weighted by atomic mass is 9.80. The Bertz CT molecular complexity index is 1340. The first-order valence-corrected chi connectivity index (χ1v) is 13.4. The van der Waals surface area contributed by atoms with E-state index >= 15 is 0 Å². The lowest BCUT2D eigenvalue weighted by molar-refractivity contribution is -0.384. The van der Waals surface area contributed by atoms with Crippen LogP contribution in [0.1, 0.15) is 37.3 Å². The van der Waals surface area contributed by atoms with Crippen molar-refractivity contribution in [2.75, 3.05) is 51.3 Å². The van der Waals surface area contributed by atoms with Crippen LogP contribution in [-0.4, -0.2) is 68.2 Å². The highest BCUT2D eigenvalue weighted by Crippen LogP contribution is 2.40. The number of allylic oxidation sites excluding steroid dienone is 2. The second kappa shape index (κ2) is 12.8. The van der Waals surface area contributed by atoms with Crippen LogP contribution in [0.3, 0.4) is 0 Å². The minimum Gasteiger partial charge on any atom is -0.466 e. The molecule has 0 spiro atoms. The van der Waals surface area contributed by atoms with Crippen LogP contribution < -0.4 is 10.2 Å². The average molecular weight is 549 g/mol. The first-order chi connectivity index (χ1) is 19.2. The molecule has 0 amide bonds. The molecule has 1 N–H and O–H groups in total. The normalized spacial score (nSPS) is 17.9. The van der Waals surface area contributed by atoms with E-state index in [-0.39, 0.29) is 23.4 Å². The number of hydrogen-bond acceptors (Lipinski definition) is 9. The number of esters is 2. The molecule has 1 saturated heterocycles. The van der Waals surface area contributed by atoms with E-state index in [1.807, 2.05) is 0 Å². The molecule has 10 nitrogen and oxygen atoms in total. The molecule has 2 aliphatic heterocycles. The van der Waals surface area contributed by atoms with Gasteiger partial charge in [0.05, 0.1) is 35.7 Å². The lowest BCUT2D eigenvalue weighted by Crippen LogP contribution is -2.47. The highest BCUT2D eigenvalue weighted by atomic mass is 16.6. The fourth-order valence-corrected chi connectivity index (χ4v) is 5.46. The molecular weight excluding hydrogens is 512 g/mol. The summed E-state index contributed by atoms with van der Waals surface area (Å²) in [6, 6.07) is 14.4. The van der Waals surface area contributed by atoms with Crippen LogP contribution in [0.15, 0.2) is 71.1 Å². The molecule has 0 aromatic heterocycles. The number of nitrogens with zero attached hydrogens (tertiary/aromatic N) is 3. The van der Waals surface area contributed by atoms with Gasteiger partial charge in [-0.05, 0) is 44.4 Å². The smallest absolute Gasteiger partial charge is 0.336 e. The summed E-state index contributed by atoms with van der Waals surface area (Å²) in [5, 5.41) is 14.5. The molecule has 1 atom stereocenters. The zero-order valence-corrected chi connectivity index (χ0v) is 23.4. The first-order valence-electron chi connectivity index (χ1n) is 13.4. The van der Waals surface area contributed by atoms with Crippen molar-refractivity contribution in [3.63, 3.8) is 0 Å². The van der Waals surface area contributed by atoms with Crippen LogP contribution in [0.2, 0.25) is 0 Å². The fraction of sp³-hybridized carbons (Fsp3) is 0.400. The van der Waals surface area contributed by atoms with Gasteiger partial charge in [-0.2, -0.15) is 0 Å². The summed E-state index contributed by atoms with van der Waals surface area (Å²) in [5.41, 5.74) is 4.34. The first kappa shape index (κ1) is 28.8. The van der Waals surface area contributed by atoms with E-state index in [1.165, 1.54) is 36.6 Å². The molecule has 2 aromatic carbocycles. The molecule has 0 radical (unpaired) electrons. The van der Waals surface area contributed by atoms with Crippen LogP contribution in [-0.2, 0) is 19.1 Å². The topological polar surface area (TPSA) is 114 Å². The number of anilines is 1. The van der Waals surface area contributed by atoms with Gasteiger partial charge in [0, 0.05) is 61.9 Å². The second-order valence-electron chi connectivity index (χ2n) is 10.1. The number of methoxy groups -OCH3 is 1. The third kappa shape index (κ3) is 6.34. The summed E-state index contributed by atoms with van der Waals surface area (Å²) in [4.78, 5) is 41.9. The number of para-hydroxylation sites is 1. The maximum Gasteiger partial charge on any atom is 0.336 e. The van der Waals surface area contributed by atoms with Gasteiger partial charge in [-0.25, -0.2) is 9.59 Å². The number of aryl methyl sites for hydroxylation is 1. The molecule has 0 aliphatic carbocycles. The van der Waals surface area contributed by atoms with Crippen molar-refractivity contribution < 1.29 is 24.0 Å². The third-order valence-corrected chi connectivity index (χ3v) is 7.48. The fourth-order valence-electron chi connectivity index (χ4n) is 5.46. The van der Waals surface area contributed by atoms with E-state index < -0.39 is 22.8 Å². The Morgan fingerprint density at radius 3 is 2.30 bits per heavy atom. The third-order valence-electron chi connectivity index (χ3n) is 7.48. The minimum atomic E-state index is -0.865. The molecule has 0 bridgehead atoms. The number of nitro groups is 1. The SMILES string of the molecule is COC(=O)C1=C(C)NC(C)=C(C(=O)OCCCN2CCN(c3ccccc3C)CC2)C1c1cccc([N+](=O)[O-])c1. The van der Waals surface area contributed by atoms with Gasteiger partial charge in [-0.3, -0.25) is 15.0 Å². The Kier molecular flexibility index (Phi) is 9.21. The van der Waals surface area contributed by atoms with Gasteiger partial charge in [0.15, 0.2) is 0 Å². The van der Waals surface area contributed by atoms with E-state index in [2.05, 4.69) is 46.3 Å². The maximum absolute atomic E-state index is 13.4. The molecule has 2 heterocycles. The summed E-state index contributed by atoms with van der Waals surface area (Å²) in [7, 11) is 1.26. The Morgan fingerprint density at radius 1 is 0.975 bits per heavy atom. The van der Waals surface area contributed by atoms with Crippen molar-refractivity contribution in [3.05, 3.63) is 92.3 Å². The zero-order valence-electron chi connectivity index (χ0n) is 23.4. The van der Waals surface area contributed by atoms with Crippen molar-refractivity contribution in [2.24, 2.45) is 0 Å². The average Bonchev–Trinajstić information content (AvgIpc) is 2.95. The Balaban J connectivity index is 1.40. The number of rotatable bonds is 9. The van der Waals surface area contributed by atoms with Crippen LogP contribution in [0, 0.1) is 17.0 Å². The molecule has 4 rings (SSSR count). The Morgan fingerprint density at radius 2 is 1.65 bits per heavy atom. The summed E-state index contributed by atoms with van der Waals surface area (Å²) in [5.74, 6) is -2.06. The quantitative estimate of drug-likeness (QED) is 0.214. The van der Waals surface area contributed by atoms with E-state index in [0.29, 0.717) is 23.4 Å². The van der Waals surface area contributed by atoms with Gasteiger partial charge >= 0.3 is 11.9 Å². The molecular formula is C30H36N4O6. The predicted octanol–water partition coefficient (Wildman–Crippen LogP) is 4.07. The van der Waals surface area contributed by atoms with Crippen molar-refractivity contribution in [2.45, 2.75) is 33.1 Å². The van der Waals surface area contributed by atoms with Gasteiger partial charge in [-0.1, -0.05) is 30.3 Å². The monoisotopic (exact) mass is 548 g/mol. The molecule has 0 saturated carbocycles. The van der Waals surface area contributed by atoms with Crippen LogP contribution in [0.4, 0.5) is 11.4 Å². The van der Waals surface area contributed by atoms with Crippen LogP contribution in [0.5, 0.6) is 0 Å². The van der Waals surface area contributed by atoms with Crippen molar-refractivity contribution in [3.8, 4) is 0 Å². The number of dihydropyridines is 1. The number of carbonyl (C=O) groups excluding carboxylic acids is 2. The number of benzene rings is 2. The van der Waals surface area contributed by atoms with Crippen LogP contribution in [0.25, 0.3) is 0 Å². The van der Waals surface area contributed by atoms with Gasteiger partial charge in [-0.15, -0.1) is 0 Å². The standard InChI is InChI=1S/C30H36N4O6/c1-20-9-5-6-12-25(20)33-16-14-32(15-17-33)13-8-18-40-30(36)27-22(3)31-21(2)26(29(35)39-4)28(27)23-10-7-11-24(19-23)34(37)38/h5-7,9-12,19,28,31H,8,13-18H2,1-4H3. The van der Waals surface area contributed by atoms with E-state index in [4.69, 9.17) is 9.47 Å². The summed E-state index contributed by atoms with van der Waals surface area (Å²) < 4.78 is 10.7. The van der Waals surface area contributed by atoms with Gasteiger partial charge in [0.1, 0.15) is 0 Å². The molecule has 1 unspecified atom stereocenters. The molecule has 2 aliphatic rings. The number of hydrogen-bond donors (Lipinski definition) is 1. The van der Waals surface area contributed by atoms with Crippen molar-refractivity contribution >= 4 is 23.3 Å². The number of nitro benzene ring substituents is 1. The summed E-state index contributed by atoms with van der Waals surface area (Å²) in [6.07, 6.45) is 0.663. The molecule has 1 fully saturated rings. The van der Waals surface area contributed by atoms with Crippen molar-refractivity contribution in [1.82, 2.24) is 10.2 Å². The lowest BCUT2D eigenvalue weighted by Gasteiger charge is -2.36. The number of nitrogens with one attached hydrogen (secondary N) is 1. The van der Waals surface area contributed by atoms with E-state index in [0.717, 1.165) is 32.7 Å². The Hall–Kier alpha value is -4.18. The summed E-state index contributed by atoms with van der Waals surface area (Å²) >= 11 is 0. The minimum absolute atomic E-state index is 0.134. The molecule has 2 aromatic rings. The molecule has 40 heavy (non-hydrogen) atoms. The van der Waals surface area contributed by atoms with Gasteiger partial charge < -0.3 is 19.7 Å². The molecule has 212 valence electrons. The number of ether oxygens (including phenoxy) is 2. The number of carbonyl (C=O) groups is 2. The highest BCUT2D eigenvalue weighted by Gasteiger charge is 2.38.